The summed E-state index contributed by atoms with van der Waals surface area (Å²) in [5.74, 6) is 0.740. The van der Waals surface area contributed by atoms with Crippen molar-refractivity contribution in [3.8, 4) is 0 Å². The highest BCUT2D eigenvalue weighted by molar-refractivity contribution is 5.31. The normalized spacial score (nSPS) is 13.7. The molecule has 1 rings (SSSR count). The molecule has 2 unspecified atom stereocenters. The van der Waals surface area contributed by atoms with Crippen molar-refractivity contribution in [3.05, 3.63) is 24.4 Å². The third kappa shape index (κ3) is 11.4. The van der Waals surface area contributed by atoms with Gasteiger partial charge < -0.3 is 15.6 Å². The Morgan fingerprint density at radius 3 is 1.92 bits per heavy atom. The maximum absolute atomic E-state index is 10.4. The van der Waals surface area contributed by atoms with Gasteiger partial charge in [0.05, 0.1) is 12.2 Å². The number of hydrazine groups is 1. The number of aliphatic hydroxyl groups is 2. The first-order chi connectivity index (χ1) is 12.7. The molecule has 1 aromatic rings. The van der Waals surface area contributed by atoms with Crippen LogP contribution in [-0.2, 0) is 0 Å². The maximum Gasteiger partial charge on any atom is 0.140 e. The van der Waals surface area contributed by atoms with Crippen molar-refractivity contribution < 1.29 is 10.2 Å². The Labute approximate surface area is 159 Å². The first kappa shape index (κ1) is 22.9. The fourth-order valence-electron chi connectivity index (χ4n) is 3.06. The van der Waals surface area contributed by atoms with Gasteiger partial charge in [0.15, 0.2) is 0 Å². The van der Waals surface area contributed by atoms with E-state index in [0.717, 1.165) is 31.5 Å². The lowest BCUT2D eigenvalue weighted by molar-refractivity contribution is 0.0728. The Morgan fingerprint density at radius 2 is 1.46 bits per heavy atom. The summed E-state index contributed by atoms with van der Waals surface area (Å²) in [6.07, 6.45) is 11.8. The lowest BCUT2D eigenvalue weighted by atomic mass is 10.1. The minimum Gasteiger partial charge on any atom is -0.392 e. The van der Waals surface area contributed by atoms with Gasteiger partial charge in [-0.05, 0) is 25.0 Å². The summed E-state index contributed by atoms with van der Waals surface area (Å²) >= 11 is 0. The van der Waals surface area contributed by atoms with Crippen molar-refractivity contribution >= 4 is 5.82 Å². The molecule has 0 spiro atoms. The van der Waals surface area contributed by atoms with Crippen molar-refractivity contribution in [3.63, 3.8) is 0 Å². The molecule has 1 heterocycles. The fourth-order valence-corrected chi connectivity index (χ4v) is 3.06. The van der Waals surface area contributed by atoms with Gasteiger partial charge in [-0.3, -0.25) is 0 Å². The number of nitrogens with one attached hydrogen (secondary N) is 1. The van der Waals surface area contributed by atoms with Crippen LogP contribution in [0.5, 0.6) is 0 Å². The summed E-state index contributed by atoms with van der Waals surface area (Å²) in [7, 11) is 0. The van der Waals surface area contributed by atoms with E-state index in [4.69, 9.17) is 0 Å². The van der Waals surface area contributed by atoms with Crippen LogP contribution >= 0.6 is 0 Å². The van der Waals surface area contributed by atoms with Crippen LogP contribution in [-0.4, -0.2) is 45.5 Å². The predicted molar refractivity (Wildman–Crippen MR) is 109 cm³/mol. The number of anilines is 1. The maximum atomic E-state index is 10.4. The summed E-state index contributed by atoms with van der Waals surface area (Å²) in [5, 5.41) is 22.7. The second-order valence-corrected chi connectivity index (χ2v) is 7.24. The van der Waals surface area contributed by atoms with E-state index < -0.39 is 12.2 Å². The van der Waals surface area contributed by atoms with E-state index in [1.807, 2.05) is 23.2 Å². The number of hydrogen-bond donors (Lipinski definition) is 3. The fraction of sp³-hybridized carbons (Fsp3) is 0.762. The molecular weight excluding hydrogens is 326 g/mol. The SMILES string of the molecule is CCCCCCC(O)CN(CC(O)CCCCCC)Nc1ccccn1. The molecule has 3 N–H and O–H groups in total. The van der Waals surface area contributed by atoms with Crippen LogP contribution in [0.25, 0.3) is 0 Å². The van der Waals surface area contributed by atoms with Crippen molar-refractivity contribution in [1.29, 1.82) is 0 Å². The highest BCUT2D eigenvalue weighted by Crippen LogP contribution is 2.11. The molecule has 26 heavy (non-hydrogen) atoms. The standard InChI is InChI=1S/C21H39N3O2/c1-3-5-7-9-13-19(25)17-24(23-21-15-11-12-16-22-21)18-20(26)14-10-8-6-4-2/h11-12,15-16,19-20,25-26H,3-10,13-14,17-18H2,1-2H3,(H,22,23). The van der Waals surface area contributed by atoms with Crippen LogP contribution in [0.1, 0.15) is 78.1 Å². The molecule has 5 heteroatoms. The highest BCUT2D eigenvalue weighted by atomic mass is 16.3. The van der Waals surface area contributed by atoms with Crippen LogP contribution in [0.15, 0.2) is 24.4 Å². The van der Waals surface area contributed by atoms with Gasteiger partial charge in [0.2, 0.25) is 0 Å². The molecule has 0 saturated carbocycles. The monoisotopic (exact) mass is 365 g/mol. The zero-order chi connectivity index (χ0) is 19.0. The van der Waals surface area contributed by atoms with E-state index in [2.05, 4.69) is 24.3 Å². The van der Waals surface area contributed by atoms with Crippen LogP contribution in [0, 0.1) is 0 Å². The Bertz CT molecular complexity index is 411. The molecule has 0 bridgehead atoms. The minimum atomic E-state index is -0.393. The van der Waals surface area contributed by atoms with Gasteiger partial charge in [-0.15, -0.1) is 0 Å². The molecule has 0 aliphatic heterocycles. The average molecular weight is 366 g/mol. The lowest BCUT2D eigenvalue weighted by Gasteiger charge is -2.28. The molecule has 0 aromatic carbocycles. The Kier molecular flexibility index (Phi) is 13.1. The molecule has 150 valence electrons. The van der Waals surface area contributed by atoms with Crippen molar-refractivity contribution in [2.75, 3.05) is 18.5 Å². The van der Waals surface area contributed by atoms with Crippen molar-refractivity contribution in [1.82, 2.24) is 9.99 Å². The van der Waals surface area contributed by atoms with Gasteiger partial charge in [-0.25, -0.2) is 9.99 Å². The molecule has 0 aliphatic carbocycles. The van der Waals surface area contributed by atoms with E-state index >= 15 is 0 Å². The molecule has 0 aliphatic rings. The minimum absolute atomic E-state index is 0.393. The van der Waals surface area contributed by atoms with Crippen LogP contribution in [0.3, 0.4) is 0 Å². The Balaban J connectivity index is 2.47. The van der Waals surface area contributed by atoms with E-state index in [1.165, 1.54) is 38.5 Å². The second kappa shape index (κ2) is 14.9. The van der Waals surface area contributed by atoms with E-state index in [0.29, 0.717) is 13.1 Å². The first-order valence-electron chi connectivity index (χ1n) is 10.4. The smallest absolute Gasteiger partial charge is 0.140 e. The number of unbranched alkanes of at least 4 members (excludes halogenated alkanes) is 6. The summed E-state index contributed by atoms with van der Waals surface area (Å²) in [6, 6.07) is 5.70. The summed E-state index contributed by atoms with van der Waals surface area (Å²) in [5.41, 5.74) is 3.25. The van der Waals surface area contributed by atoms with E-state index in [-0.39, 0.29) is 0 Å². The number of aliphatic hydroxyl groups excluding tert-OH is 2. The second-order valence-electron chi connectivity index (χ2n) is 7.24. The lowest BCUT2D eigenvalue weighted by Crippen LogP contribution is -2.42. The third-order valence-corrected chi connectivity index (χ3v) is 4.58. The summed E-state index contributed by atoms with van der Waals surface area (Å²) < 4.78 is 0. The molecule has 2 atom stereocenters. The number of nitrogens with zero attached hydrogens (tertiary/aromatic N) is 2. The molecule has 1 aromatic heterocycles. The number of hydrogen-bond acceptors (Lipinski definition) is 5. The number of aromatic nitrogens is 1. The molecular formula is C21H39N3O2. The summed E-state index contributed by atoms with van der Waals surface area (Å²) in [4.78, 5) is 4.29. The molecule has 0 radical (unpaired) electrons. The topological polar surface area (TPSA) is 68.6 Å². The predicted octanol–water partition coefficient (Wildman–Crippen LogP) is 4.37. The zero-order valence-corrected chi connectivity index (χ0v) is 16.7. The van der Waals surface area contributed by atoms with Gasteiger partial charge in [0.1, 0.15) is 5.82 Å². The van der Waals surface area contributed by atoms with Crippen LogP contribution in [0.4, 0.5) is 5.82 Å². The Morgan fingerprint density at radius 1 is 0.885 bits per heavy atom. The van der Waals surface area contributed by atoms with Gasteiger partial charge in [0.25, 0.3) is 0 Å². The first-order valence-corrected chi connectivity index (χ1v) is 10.4. The summed E-state index contributed by atoms with van der Waals surface area (Å²) in [6.45, 7) is 5.37. The zero-order valence-electron chi connectivity index (χ0n) is 16.7. The van der Waals surface area contributed by atoms with Crippen LogP contribution < -0.4 is 5.43 Å². The molecule has 0 amide bonds. The van der Waals surface area contributed by atoms with Gasteiger partial charge >= 0.3 is 0 Å². The van der Waals surface area contributed by atoms with E-state index in [9.17, 15) is 10.2 Å². The quantitative estimate of drug-likeness (QED) is 0.300. The highest BCUT2D eigenvalue weighted by Gasteiger charge is 2.16. The average Bonchev–Trinajstić information content (AvgIpc) is 2.63. The van der Waals surface area contributed by atoms with Crippen molar-refractivity contribution in [2.45, 2.75) is 90.3 Å². The largest absolute Gasteiger partial charge is 0.392 e. The molecule has 0 saturated heterocycles. The third-order valence-electron chi connectivity index (χ3n) is 4.58. The number of rotatable bonds is 16. The number of pyridine rings is 1. The van der Waals surface area contributed by atoms with Gasteiger partial charge in [0, 0.05) is 19.3 Å². The Hall–Kier alpha value is -1.17. The van der Waals surface area contributed by atoms with Crippen molar-refractivity contribution in [2.24, 2.45) is 0 Å². The van der Waals surface area contributed by atoms with Gasteiger partial charge in [-0.2, -0.15) is 0 Å². The molecule has 0 fully saturated rings. The van der Waals surface area contributed by atoms with E-state index in [1.54, 1.807) is 6.20 Å². The van der Waals surface area contributed by atoms with Crippen LogP contribution in [0.2, 0.25) is 0 Å². The van der Waals surface area contributed by atoms with Gasteiger partial charge in [-0.1, -0.05) is 71.3 Å². The molecule has 5 nitrogen and oxygen atoms in total.